The molecule has 0 radical (unpaired) electrons. The van der Waals surface area contributed by atoms with Crippen molar-refractivity contribution in [3.05, 3.63) is 28.3 Å². The number of ether oxygens (including phenoxy) is 2. The van der Waals surface area contributed by atoms with Crippen LogP contribution < -0.4 is 10.6 Å². The zero-order chi connectivity index (χ0) is 14.6. The molecule has 0 atom stereocenters. The van der Waals surface area contributed by atoms with Crippen LogP contribution in [0.2, 0.25) is 0 Å². The van der Waals surface area contributed by atoms with Gasteiger partial charge >= 0.3 is 0 Å². The van der Waals surface area contributed by atoms with Crippen molar-refractivity contribution >= 4 is 5.91 Å². The van der Waals surface area contributed by atoms with Crippen LogP contribution in [0.25, 0.3) is 0 Å². The van der Waals surface area contributed by atoms with E-state index in [-0.39, 0.29) is 12.5 Å². The summed E-state index contributed by atoms with van der Waals surface area (Å²) in [6, 6.07) is 2.03. The molecule has 5 nitrogen and oxygen atoms in total. The molecule has 106 valence electrons. The zero-order valence-electron chi connectivity index (χ0n) is 12.2. The summed E-state index contributed by atoms with van der Waals surface area (Å²) in [6.45, 7) is 6.40. The highest BCUT2D eigenvalue weighted by Crippen LogP contribution is 2.28. The van der Waals surface area contributed by atoms with Gasteiger partial charge in [0.25, 0.3) is 5.91 Å². The van der Waals surface area contributed by atoms with Crippen LogP contribution in [0.3, 0.4) is 0 Å². The van der Waals surface area contributed by atoms with Gasteiger partial charge in [-0.15, -0.1) is 0 Å². The van der Waals surface area contributed by atoms with Gasteiger partial charge in [-0.1, -0.05) is 0 Å². The third-order valence-electron chi connectivity index (χ3n) is 3.21. The fraction of sp³-hybridized carbons (Fsp3) is 0.500. The first-order valence-corrected chi connectivity index (χ1v) is 6.11. The molecule has 5 heteroatoms. The van der Waals surface area contributed by atoms with E-state index in [1.165, 1.54) is 7.05 Å². The molecule has 0 aromatic heterocycles. The van der Waals surface area contributed by atoms with E-state index < -0.39 is 0 Å². The quantitative estimate of drug-likeness (QED) is 0.498. The second kappa shape index (κ2) is 6.54. The number of aryl methyl sites for hydroxylation is 1. The fourth-order valence-corrected chi connectivity index (χ4v) is 1.96. The molecule has 0 aliphatic heterocycles. The lowest BCUT2D eigenvalue weighted by Crippen LogP contribution is -2.35. The van der Waals surface area contributed by atoms with Crippen molar-refractivity contribution in [1.82, 2.24) is 5.01 Å². The second-order valence-electron chi connectivity index (χ2n) is 4.63. The first kappa shape index (κ1) is 15.5. The third kappa shape index (κ3) is 3.68. The summed E-state index contributed by atoms with van der Waals surface area (Å²) in [7, 11) is 3.17. The van der Waals surface area contributed by atoms with Crippen molar-refractivity contribution in [2.24, 2.45) is 5.84 Å². The first-order valence-electron chi connectivity index (χ1n) is 6.11. The monoisotopic (exact) mass is 266 g/mol. The molecule has 2 N–H and O–H groups in total. The van der Waals surface area contributed by atoms with E-state index in [1.54, 1.807) is 7.11 Å². The van der Waals surface area contributed by atoms with Crippen LogP contribution in [-0.2, 0) is 16.1 Å². The molecule has 19 heavy (non-hydrogen) atoms. The molecule has 0 saturated heterocycles. The van der Waals surface area contributed by atoms with Crippen LogP contribution in [0.4, 0.5) is 0 Å². The maximum Gasteiger partial charge on any atom is 0.262 e. The van der Waals surface area contributed by atoms with Crippen LogP contribution >= 0.6 is 0 Å². The van der Waals surface area contributed by atoms with E-state index in [1.807, 2.05) is 26.8 Å². The third-order valence-corrected chi connectivity index (χ3v) is 3.21. The van der Waals surface area contributed by atoms with E-state index in [0.29, 0.717) is 6.61 Å². The molecule has 1 aromatic rings. The number of hydrazine groups is 1. The van der Waals surface area contributed by atoms with Gasteiger partial charge < -0.3 is 9.47 Å². The fourth-order valence-electron chi connectivity index (χ4n) is 1.96. The van der Waals surface area contributed by atoms with Crippen molar-refractivity contribution in [1.29, 1.82) is 0 Å². The van der Waals surface area contributed by atoms with E-state index >= 15 is 0 Å². The molecule has 0 unspecified atom stereocenters. The Morgan fingerprint density at radius 2 is 1.95 bits per heavy atom. The Balaban J connectivity index is 2.78. The predicted molar refractivity (Wildman–Crippen MR) is 73.8 cm³/mol. The Labute approximate surface area is 114 Å². The summed E-state index contributed by atoms with van der Waals surface area (Å²) in [5, 5.41) is 1.03. The number of hydrogen-bond acceptors (Lipinski definition) is 4. The molecule has 0 aliphatic rings. The van der Waals surface area contributed by atoms with Crippen molar-refractivity contribution in [3.8, 4) is 5.75 Å². The molecule has 0 saturated carbocycles. The molecular formula is C14H22N2O3. The number of rotatable bonds is 5. The second-order valence-corrected chi connectivity index (χ2v) is 4.63. The van der Waals surface area contributed by atoms with Crippen LogP contribution in [0.1, 0.15) is 22.3 Å². The molecule has 0 spiro atoms. The minimum atomic E-state index is -0.250. The Bertz CT molecular complexity index is 470. The molecule has 0 aliphatic carbocycles. The van der Waals surface area contributed by atoms with Gasteiger partial charge in [0.2, 0.25) is 0 Å². The summed E-state index contributed by atoms with van der Waals surface area (Å²) in [6.07, 6.45) is 0. The maximum atomic E-state index is 11.3. The number of nitrogens with zero attached hydrogens (tertiary/aromatic N) is 1. The van der Waals surface area contributed by atoms with E-state index in [2.05, 4.69) is 0 Å². The average molecular weight is 266 g/mol. The molecule has 0 bridgehead atoms. The highest BCUT2D eigenvalue weighted by molar-refractivity contribution is 5.76. The van der Waals surface area contributed by atoms with Gasteiger partial charge in [0, 0.05) is 7.05 Å². The number of carbonyl (C=O) groups excluding carboxylic acids is 1. The maximum absolute atomic E-state index is 11.3. The number of amides is 1. The normalized spacial score (nSPS) is 10.4. The summed E-state index contributed by atoms with van der Waals surface area (Å²) in [5.74, 6) is 5.97. The van der Waals surface area contributed by atoms with Gasteiger partial charge in [-0.3, -0.25) is 9.80 Å². The van der Waals surface area contributed by atoms with Crippen molar-refractivity contribution in [2.75, 3.05) is 20.8 Å². The van der Waals surface area contributed by atoms with Crippen molar-refractivity contribution < 1.29 is 14.3 Å². The summed E-state index contributed by atoms with van der Waals surface area (Å²) in [5.41, 5.74) is 4.34. The number of nitrogens with two attached hydrogens (primary N) is 1. The van der Waals surface area contributed by atoms with Gasteiger partial charge in [0.1, 0.15) is 12.4 Å². The van der Waals surface area contributed by atoms with Crippen molar-refractivity contribution in [2.45, 2.75) is 27.4 Å². The molecule has 1 aromatic carbocycles. The molecule has 0 heterocycles. The van der Waals surface area contributed by atoms with Crippen LogP contribution in [-0.4, -0.2) is 31.7 Å². The first-order chi connectivity index (χ1) is 8.88. The number of hydrogen-bond donors (Lipinski definition) is 1. The van der Waals surface area contributed by atoms with Crippen LogP contribution in [0, 0.1) is 20.8 Å². The van der Waals surface area contributed by atoms with E-state index in [4.69, 9.17) is 15.3 Å². The highest BCUT2D eigenvalue weighted by atomic mass is 16.5. The lowest BCUT2D eigenvalue weighted by atomic mass is 9.99. The van der Waals surface area contributed by atoms with Crippen LogP contribution in [0.5, 0.6) is 5.75 Å². The molecule has 1 rings (SSSR count). The summed E-state index contributed by atoms with van der Waals surface area (Å²) >= 11 is 0. The van der Waals surface area contributed by atoms with Gasteiger partial charge in [0.05, 0.1) is 13.7 Å². The van der Waals surface area contributed by atoms with Crippen molar-refractivity contribution in [3.63, 3.8) is 0 Å². The lowest BCUT2D eigenvalue weighted by Gasteiger charge is -2.16. The zero-order valence-corrected chi connectivity index (χ0v) is 12.2. The van der Waals surface area contributed by atoms with Gasteiger partial charge in [-0.25, -0.2) is 5.84 Å². The Hall–Kier alpha value is -1.59. The number of carbonyl (C=O) groups is 1. The summed E-state index contributed by atoms with van der Waals surface area (Å²) < 4.78 is 10.8. The van der Waals surface area contributed by atoms with Crippen LogP contribution in [0.15, 0.2) is 6.07 Å². The van der Waals surface area contributed by atoms with Gasteiger partial charge in [0.15, 0.2) is 0 Å². The summed E-state index contributed by atoms with van der Waals surface area (Å²) in [4.78, 5) is 11.3. The molecule has 0 fully saturated rings. The number of methoxy groups -OCH3 is 1. The van der Waals surface area contributed by atoms with Gasteiger partial charge in [-0.2, -0.15) is 0 Å². The topological polar surface area (TPSA) is 64.8 Å². The largest absolute Gasteiger partial charge is 0.496 e. The highest BCUT2D eigenvalue weighted by Gasteiger charge is 2.11. The standard InChI is InChI=1S/C14H22N2O3/c1-9-6-12(7-19-8-13(17)16(4)15)10(2)11(3)14(9)18-5/h6H,7-8,15H2,1-5H3. The lowest BCUT2D eigenvalue weighted by molar-refractivity contribution is -0.135. The van der Waals surface area contributed by atoms with E-state index in [9.17, 15) is 4.79 Å². The Morgan fingerprint density at radius 1 is 1.32 bits per heavy atom. The number of benzene rings is 1. The molecular weight excluding hydrogens is 244 g/mol. The number of likely N-dealkylation sites (N-methyl/N-ethyl adjacent to an activating group) is 1. The Kier molecular flexibility index (Phi) is 5.32. The SMILES string of the molecule is COc1c(C)cc(COCC(=O)N(C)N)c(C)c1C. The molecule has 1 amide bonds. The minimum absolute atomic E-state index is 0.0173. The predicted octanol–water partition coefficient (Wildman–Crippen LogP) is 1.47. The Morgan fingerprint density at radius 3 is 2.47 bits per heavy atom. The van der Waals surface area contributed by atoms with Gasteiger partial charge in [-0.05, 0) is 49.1 Å². The minimum Gasteiger partial charge on any atom is -0.496 e. The van der Waals surface area contributed by atoms with E-state index in [0.717, 1.165) is 33.0 Å². The smallest absolute Gasteiger partial charge is 0.262 e. The average Bonchev–Trinajstić information content (AvgIpc) is 2.35.